The van der Waals surface area contributed by atoms with Crippen LogP contribution in [0.15, 0.2) is 21.0 Å². The van der Waals surface area contributed by atoms with Crippen molar-refractivity contribution in [3.63, 3.8) is 0 Å². The van der Waals surface area contributed by atoms with Gasteiger partial charge in [0, 0.05) is 0 Å². The lowest BCUT2D eigenvalue weighted by Crippen LogP contribution is -2.40. The van der Waals surface area contributed by atoms with Crippen molar-refractivity contribution < 1.29 is 9.21 Å². The Bertz CT molecular complexity index is 649. The van der Waals surface area contributed by atoms with Crippen LogP contribution in [-0.4, -0.2) is 23.9 Å². The third-order valence-corrected chi connectivity index (χ3v) is 10.4. The third-order valence-electron chi connectivity index (χ3n) is 3.89. The second-order valence-electron chi connectivity index (χ2n) is 5.52. The van der Waals surface area contributed by atoms with Crippen LogP contribution in [0.5, 0.6) is 0 Å². The number of oxazole rings is 1. The summed E-state index contributed by atoms with van der Waals surface area (Å²) in [6.45, 7) is 2.39. The van der Waals surface area contributed by atoms with Gasteiger partial charge in [-0.3, -0.25) is 4.79 Å². The van der Waals surface area contributed by atoms with Gasteiger partial charge < -0.3 is 10.2 Å². The molecule has 2 aromatic rings. The zero-order valence-electron chi connectivity index (χ0n) is 11.8. The minimum absolute atomic E-state index is 0.344. The van der Waals surface area contributed by atoms with Crippen molar-refractivity contribution in [1.82, 2.24) is 9.97 Å². The zero-order valence-corrected chi connectivity index (χ0v) is 14.4. The van der Waals surface area contributed by atoms with Crippen molar-refractivity contribution in [3.8, 4) is 0 Å². The molecule has 2 aromatic heterocycles. The van der Waals surface area contributed by atoms with Crippen molar-refractivity contribution in [3.05, 3.63) is 23.3 Å². The number of thioether (sulfide) groups is 1. The zero-order chi connectivity index (χ0) is 14.9. The molecule has 0 atom stereocenters. The number of carbonyl (C=O) groups excluding carboxylic acids is 1. The fourth-order valence-electron chi connectivity index (χ4n) is 2.63. The number of thiazole rings is 1. The number of hydrogen-bond acceptors (Lipinski definition) is 6. The Labute approximate surface area is 132 Å². The van der Waals surface area contributed by atoms with Gasteiger partial charge in [-0.05, 0) is 0 Å². The molecule has 0 unspecified atom stereocenters. The third kappa shape index (κ3) is 3.22. The summed E-state index contributed by atoms with van der Waals surface area (Å²) in [5.41, 5.74) is 5.20. The van der Waals surface area contributed by atoms with Gasteiger partial charge in [0.15, 0.2) is 5.01 Å². The van der Waals surface area contributed by atoms with Crippen molar-refractivity contribution in [2.45, 2.75) is 41.4 Å². The SMILES string of the molecule is C[Si]1(c2cnc(CSc3cnc(C(N)=O)s3)o2)CCCC1. The van der Waals surface area contributed by atoms with Gasteiger partial charge in [-0.25, -0.2) is 9.97 Å². The Balaban J connectivity index is 1.63. The van der Waals surface area contributed by atoms with E-state index >= 15 is 0 Å². The predicted octanol–water partition coefficient (Wildman–Crippen LogP) is 2.60. The summed E-state index contributed by atoms with van der Waals surface area (Å²) in [4.78, 5) is 19.4. The number of rotatable bonds is 5. The summed E-state index contributed by atoms with van der Waals surface area (Å²) >= 11 is 2.88. The minimum Gasteiger partial charge on any atom is -0.450 e. The average molecular weight is 340 g/mol. The fraction of sp³-hybridized carbons (Fsp3) is 0.462. The van der Waals surface area contributed by atoms with Gasteiger partial charge in [0.1, 0.15) is 13.5 Å². The standard InChI is InChI=1S/C13H17N3O2S2Si/c1-21(4-2-3-5-21)10-6-15-9(18-10)8-19-11-7-16-13(20-11)12(14)17/h6-7H,2-5,8H2,1H3,(H2,14,17). The van der Waals surface area contributed by atoms with E-state index in [1.54, 1.807) is 18.0 Å². The number of carbonyl (C=O) groups is 1. The average Bonchev–Trinajstić information content (AvgIpc) is 3.17. The molecule has 1 aliphatic heterocycles. The van der Waals surface area contributed by atoms with E-state index in [4.69, 9.17) is 10.2 Å². The maximum Gasteiger partial charge on any atom is 0.277 e. The van der Waals surface area contributed by atoms with Crippen LogP contribution in [-0.2, 0) is 5.75 Å². The van der Waals surface area contributed by atoms with Crippen LogP contribution >= 0.6 is 23.1 Å². The van der Waals surface area contributed by atoms with Crippen molar-refractivity contribution in [2.24, 2.45) is 5.73 Å². The van der Waals surface area contributed by atoms with E-state index in [1.165, 1.54) is 36.3 Å². The number of nitrogens with two attached hydrogens (primary N) is 1. The van der Waals surface area contributed by atoms with Gasteiger partial charge in [-0.15, -0.1) is 23.1 Å². The highest BCUT2D eigenvalue weighted by atomic mass is 32.2. The lowest BCUT2D eigenvalue weighted by molar-refractivity contribution is 0.1000. The molecular weight excluding hydrogens is 322 g/mol. The molecule has 0 aliphatic carbocycles. The predicted molar refractivity (Wildman–Crippen MR) is 86.8 cm³/mol. The van der Waals surface area contributed by atoms with Crippen molar-refractivity contribution in [2.75, 3.05) is 0 Å². The molecule has 0 spiro atoms. The first-order valence-corrected chi connectivity index (χ1v) is 11.6. The number of aromatic nitrogens is 2. The van der Waals surface area contributed by atoms with E-state index in [-0.39, 0.29) is 0 Å². The van der Waals surface area contributed by atoms with Crippen molar-refractivity contribution >= 4 is 42.5 Å². The summed E-state index contributed by atoms with van der Waals surface area (Å²) in [7, 11) is -1.37. The Morgan fingerprint density at radius 2 is 2.19 bits per heavy atom. The molecule has 3 rings (SSSR count). The molecule has 1 aliphatic rings. The summed E-state index contributed by atoms with van der Waals surface area (Å²) in [5, 5.41) is 1.48. The first-order valence-electron chi connectivity index (χ1n) is 6.90. The Morgan fingerprint density at radius 1 is 1.43 bits per heavy atom. The van der Waals surface area contributed by atoms with Crippen molar-refractivity contribution in [1.29, 1.82) is 0 Å². The van der Waals surface area contributed by atoms with Gasteiger partial charge in [-0.2, -0.15) is 0 Å². The van der Waals surface area contributed by atoms with Crippen LogP contribution in [0.2, 0.25) is 18.6 Å². The molecule has 0 radical (unpaired) electrons. The molecule has 5 nitrogen and oxygen atoms in total. The lowest BCUT2D eigenvalue weighted by Gasteiger charge is -2.16. The maximum atomic E-state index is 11.0. The van der Waals surface area contributed by atoms with E-state index in [0.717, 1.165) is 15.5 Å². The molecule has 1 amide bonds. The maximum absolute atomic E-state index is 11.0. The normalized spacial score (nSPS) is 17.2. The minimum atomic E-state index is -1.37. The van der Waals surface area contributed by atoms with Gasteiger partial charge in [0.25, 0.3) is 5.91 Å². The molecule has 3 heterocycles. The molecule has 1 saturated heterocycles. The highest BCUT2D eigenvalue weighted by molar-refractivity contribution is 8.00. The number of primary amides is 1. The van der Waals surface area contributed by atoms with Gasteiger partial charge in [0.05, 0.1) is 22.4 Å². The smallest absolute Gasteiger partial charge is 0.277 e. The van der Waals surface area contributed by atoms with E-state index < -0.39 is 14.0 Å². The van der Waals surface area contributed by atoms with Crippen LogP contribution in [0.1, 0.15) is 28.5 Å². The van der Waals surface area contributed by atoms with Crippen LogP contribution in [0.4, 0.5) is 0 Å². The molecule has 0 aromatic carbocycles. The quantitative estimate of drug-likeness (QED) is 0.669. The lowest BCUT2D eigenvalue weighted by atomic mass is 10.4. The highest BCUT2D eigenvalue weighted by Crippen LogP contribution is 2.31. The van der Waals surface area contributed by atoms with Gasteiger partial charge >= 0.3 is 0 Å². The summed E-state index contributed by atoms with van der Waals surface area (Å²) in [5.74, 6) is 0.931. The van der Waals surface area contributed by atoms with Crippen LogP contribution in [0, 0.1) is 0 Å². The highest BCUT2D eigenvalue weighted by Gasteiger charge is 2.36. The summed E-state index contributed by atoms with van der Waals surface area (Å²) in [6.07, 6.45) is 6.25. The molecule has 21 heavy (non-hydrogen) atoms. The Hall–Kier alpha value is -1.12. The molecule has 1 fully saturated rings. The number of nitrogens with zero attached hydrogens (tertiary/aromatic N) is 2. The topological polar surface area (TPSA) is 82.0 Å². The van der Waals surface area contributed by atoms with Crippen LogP contribution in [0.3, 0.4) is 0 Å². The van der Waals surface area contributed by atoms with Gasteiger partial charge in [-0.1, -0.05) is 31.5 Å². The molecule has 8 heteroatoms. The molecule has 2 N–H and O–H groups in total. The Kier molecular flexibility index (Phi) is 4.18. The second-order valence-corrected chi connectivity index (χ2v) is 12.4. The largest absolute Gasteiger partial charge is 0.450 e. The fourth-order valence-corrected chi connectivity index (χ4v) is 7.85. The first-order chi connectivity index (χ1) is 10.1. The van der Waals surface area contributed by atoms with Gasteiger partial charge in [0.2, 0.25) is 5.89 Å². The molecule has 0 bridgehead atoms. The summed E-state index contributed by atoms with van der Waals surface area (Å²) in [6, 6.07) is 2.62. The van der Waals surface area contributed by atoms with Crippen LogP contribution in [0.25, 0.3) is 0 Å². The van der Waals surface area contributed by atoms with E-state index in [9.17, 15) is 4.79 Å². The monoisotopic (exact) mass is 339 g/mol. The molecule has 112 valence electrons. The second kappa shape index (κ2) is 5.94. The van der Waals surface area contributed by atoms with E-state index in [1.807, 2.05) is 6.20 Å². The molecule has 0 saturated carbocycles. The first kappa shape index (κ1) is 14.8. The van der Waals surface area contributed by atoms with E-state index in [2.05, 4.69) is 16.5 Å². The Morgan fingerprint density at radius 3 is 2.86 bits per heavy atom. The number of amides is 1. The van der Waals surface area contributed by atoms with E-state index in [0.29, 0.717) is 10.8 Å². The molecular formula is C13H17N3O2S2Si. The summed E-state index contributed by atoms with van der Waals surface area (Å²) < 4.78 is 6.92. The van der Waals surface area contributed by atoms with Crippen LogP contribution < -0.4 is 11.1 Å². The number of hydrogen-bond donors (Lipinski definition) is 1.